The Morgan fingerprint density at radius 1 is 0.727 bits per heavy atom. The van der Waals surface area contributed by atoms with Gasteiger partial charge < -0.3 is 20.9 Å². The highest BCUT2D eigenvalue weighted by molar-refractivity contribution is 8.44. The minimum absolute atomic E-state index is 0.0457. The van der Waals surface area contributed by atoms with Crippen molar-refractivity contribution in [1.29, 1.82) is 0 Å². The Morgan fingerprint density at radius 3 is 1.55 bits per heavy atom. The van der Waals surface area contributed by atoms with Crippen LogP contribution in [-0.2, 0) is 36.7 Å². The normalized spacial score (nSPS) is 38.3. The van der Waals surface area contributed by atoms with Crippen LogP contribution < -0.4 is 11.5 Å². The quantitative estimate of drug-likeness (QED) is 0.174. The number of ether oxygens (including phenoxy) is 2. The summed E-state index contributed by atoms with van der Waals surface area (Å²) >= 11 is 7.99. The predicted molar refractivity (Wildman–Crippen MR) is 152 cm³/mol. The van der Waals surface area contributed by atoms with E-state index in [2.05, 4.69) is 54.4 Å². The molecular formula is C20H22F2N10O8P2S2. The first kappa shape index (κ1) is 30.2. The van der Waals surface area contributed by atoms with Gasteiger partial charge in [-0.15, -0.1) is 0 Å². The van der Waals surface area contributed by atoms with Crippen LogP contribution in [0.4, 0.5) is 20.4 Å². The fourth-order valence-electron chi connectivity index (χ4n) is 5.15. The van der Waals surface area contributed by atoms with Gasteiger partial charge in [-0.05, 0) is 0 Å². The number of hydrogen-bond donors (Lipinski definition) is 4. The second-order valence-corrected chi connectivity index (χ2v) is 15.6. The van der Waals surface area contributed by atoms with Gasteiger partial charge in [-0.3, -0.25) is 27.2 Å². The minimum atomic E-state index is -4.44. The molecule has 2 unspecified atom stereocenters. The molecule has 10 atom stereocenters. The van der Waals surface area contributed by atoms with Gasteiger partial charge >= 0.3 is 13.6 Å². The van der Waals surface area contributed by atoms with Crippen molar-refractivity contribution in [2.45, 2.75) is 49.2 Å². The molecule has 0 amide bonds. The van der Waals surface area contributed by atoms with Crippen molar-refractivity contribution >= 4 is 72.1 Å². The Labute approximate surface area is 255 Å². The van der Waals surface area contributed by atoms with Gasteiger partial charge in [0.05, 0.1) is 25.9 Å². The van der Waals surface area contributed by atoms with Gasteiger partial charge in [0.2, 0.25) is 0 Å². The predicted octanol–water partition coefficient (Wildman–Crippen LogP) is 2.19. The average molecular weight is 695 g/mol. The molecule has 4 aromatic rings. The summed E-state index contributed by atoms with van der Waals surface area (Å²) in [5, 5.41) is 0. The van der Waals surface area contributed by atoms with Crippen LogP contribution in [0.15, 0.2) is 25.3 Å². The second-order valence-electron chi connectivity index (χ2n) is 9.85. The Kier molecular flexibility index (Phi) is 7.59. The lowest BCUT2D eigenvalue weighted by Gasteiger charge is -2.25. The summed E-state index contributed by atoms with van der Waals surface area (Å²) in [6.45, 7) is -10.3. The van der Waals surface area contributed by atoms with Crippen LogP contribution in [0, 0.1) is 0 Å². The lowest BCUT2D eigenvalue weighted by atomic mass is 10.1. The molecule has 3 aliphatic heterocycles. The Balaban J connectivity index is 1.22. The highest BCUT2D eigenvalue weighted by atomic mass is 32.7. The van der Waals surface area contributed by atoms with Crippen molar-refractivity contribution in [3.05, 3.63) is 25.3 Å². The third kappa shape index (κ3) is 5.25. The van der Waals surface area contributed by atoms with Crippen LogP contribution in [0.2, 0.25) is 0 Å². The maximum Gasteiger partial charge on any atom is 0.386 e. The fraction of sp³-hybridized carbons (Fsp3) is 0.500. The number of nitrogen functional groups attached to an aromatic ring is 2. The third-order valence-electron chi connectivity index (χ3n) is 7.16. The van der Waals surface area contributed by atoms with Crippen molar-refractivity contribution in [2.75, 3.05) is 24.7 Å². The van der Waals surface area contributed by atoms with Crippen molar-refractivity contribution < 1.29 is 45.5 Å². The van der Waals surface area contributed by atoms with E-state index in [-0.39, 0.29) is 34.0 Å². The lowest BCUT2D eigenvalue weighted by molar-refractivity contribution is -0.0575. The topological polar surface area (TPSA) is 229 Å². The number of halogens is 2. The van der Waals surface area contributed by atoms with Crippen molar-refractivity contribution in [2.24, 2.45) is 0 Å². The Morgan fingerprint density at radius 2 is 1.14 bits per heavy atom. The number of rotatable bonds is 2. The zero-order valence-electron chi connectivity index (χ0n) is 21.9. The largest absolute Gasteiger partial charge is 0.386 e. The van der Waals surface area contributed by atoms with E-state index in [1.807, 2.05) is 0 Å². The number of alkyl halides is 2. The minimum Gasteiger partial charge on any atom is -0.382 e. The van der Waals surface area contributed by atoms with Gasteiger partial charge in [0.15, 0.2) is 47.7 Å². The van der Waals surface area contributed by atoms with E-state index in [1.54, 1.807) is 0 Å². The number of imidazole rings is 2. The average Bonchev–Trinajstić information content (AvgIpc) is 3.73. The van der Waals surface area contributed by atoms with E-state index < -0.39 is 76.0 Å². The second kappa shape index (κ2) is 11.1. The van der Waals surface area contributed by atoms with Crippen LogP contribution in [-0.4, -0.2) is 89.0 Å². The number of thiol groups is 2. The zero-order valence-corrected chi connectivity index (χ0v) is 25.5. The number of fused-ring (bicyclic) bond motifs is 6. The first-order chi connectivity index (χ1) is 20.9. The van der Waals surface area contributed by atoms with Crippen molar-refractivity contribution in [1.82, 2.24) is 39.0 Å². The van der Waals surface area contributed by atoms with Crippen LogP contribution in [0.25, 0.3) is 22.3 Å². The van der Waals surface area contributed by atoms with Crippen LogP contribution >= 0.6 is 38.1 Å². The molecule has 18 nitrogen and oxygen atoms in total. The molecule has 7 heterocycles. The first-order valence-corrected chi connectivity index (χ1v) is 18.1. The number of aromatic nitrogens is 8. The summed E-state index contributed by atoms with van der Waals surface area (Å²) in [7, 11) is 0. The van der Waals surface area contributed by atoms with Gasteiger partial charge in [0, 0.05) is 0 Å². The standard InChI is InChI=1S/C20H22F2N10O8P2S2/c21-9-7-1-35-41(33,43)39-14-10(22)8(38-20(14)32-6-30-12-16(24)26-4-28-18(12)32)2-36-42(34,44)40-13(9)19(37-7)31-5-29-11-15(23)25-3-27-17(11)31/h3-10,13-14,19-20H,1-2H2,(H,33,43)(H,34,44)(H2,23,25,27)(H2,24,26,28)/t7?,8?,9-,10-,13-,14-,19-,20-,41-,42-/m1/s1. The molecule has 0 aromatic carbocycles. The summed E-state index contributed by atoms with van der Waals surface area (Å²) in [6.07, 6.45) is -8.27. The maximum atomic E-state index is 15.9. The summed E-state index contributed by atoms with van der Waals surface area (Å²) in [5.74, 6) is 0.0915. The third-order valence-corrected chi connectivity index (χ3v) is 10.4. The van der Waals surface area contributed by atoms with Crippen molar-refractivity contribution in [3.8, 4) is 0 Å². The van der Waals surface area contributed by atoms with Gasteiger partial charge in [-0.2, -0.15) is 0 Å². The molecule has 4 N–H and O–H groups in total. The van der Waals surface area contributed by atoms with Gasteiger partial charge in [-0.1, -0.05) is 24.5 Å². The molecule has 7 rings (SSSR count). The SMILES string of the molecule is Nc1ncnc2c1ncn2[C@@H]1OC2CO[P@@](=O)(S)O[C@@H]3[C@H](F)C(CO[P@@](=O)(S)O[C@@H]1[C@@H]2F)O[C@H]3n1cnc2c(N)ncnc21. The molecule has 4 bridgehead atoms. The molecular weight excluding hydrogens is 672 g/mol. The molecule has 4 aromatic heterocycles. The summed E-state index contributed by atoms with van der Waals surface area (Å²) in [4.78, 5) is 24.2. The molecule has 44 heavy (non-hydrogen) atoms. The smallest absolute Gasteiger partial charge is 0.382 e. The summed E-state index contributed by atoms with van der Waals surface area (Å²) in [6, 6.07) is 0. The van der Waals surface area contributed by atoms with Gasteiger partial charge in [0.1, 0.15) is 48.1 Å². The number of nitrogens with zero attached hydrogens (tertiary/aromatic N) is 8. The van der Waals surface area contributed by atoms with E-state index in [9.17, 15) is 9.13 Å². The van der Waals surface area contributed by atoms with E-state index in [0.29, 0.717) is 0 Å². The summed E-state index contributed by atoms with van der Waals surface area (Å²) in [5.41, 5.74) is 12.4. The molecule has 3 saturated heterocycles. The van der Waals surface area contributed by atoms with Gasteiger partial charge in [-0.25, -0.2) is 47.8 Å². The zero-order chi connectivity index (χ0) is 31.0. The van der Waals surface area contributed by atoms with E-state index in [4.69, 9.17) is 39.0 Å². The Hall–Kier alpha value is -2.52. The van der Waals surface area contributed by atoms with Crippen LogP contribution in [0.3, 0.4) is 0 Å². The fourth-order valence-corrected chi connectivity index (χ4v) is 8.05. The van der Waals surface area contributed by atoms with Gasteiger partial charge in [0.25, 0.3) is 0 Å². The lowest BCUT2D eigenvalue weighted by Crippen LogP contribution is -2.34. The Bertz CT molecular complexity index is 1710. The van der Waals surface area contributed by atoms with Crippen LogP contribution in [0.5, 0.6) is 0 Å². The van der Waals surface area contributed by atoms with E-state index in [1.165, 1.54) is 21.8 Å². The first-order valence-electron chi connectivity index (χ1n) is 12.7. The van der Waals surface area contributed by atoms with E-state index >= 15 is 8.78 Å². The number of anilines is 2. The number of hydrogen-bond acceptors (Lipinski definition) is 16. The molecule has 0 spiro atoms. The van der Waals surface area contributed by atoms with E-state index in [0.717, 1.165) is 12.7 Å². The number of nitrogens with two attached hydrogens (primary N) is 2. The monoisotopic (exact) mass is 694 g/mol. The highest BCUT2D eigenvalue weighted by Crippen LogP contribution is 2.60. The highest BCUT2D eigenvalue weighted by Gasteiger charge is 2.54. The molecule has 3 fully saturated rings. The molecule has 0 saturated carbocycles. The maximum absolute atomic E-state index is 15.9. The molecule has 3 aliphatic rings. The molecule has 24 heteroatoms. The summed E-state index contributed by atoms with van der Waals surface area (Å²) < 4.78 is 94.6. The molecule has 0 aliphatic carbocycles. The van der Waals surface area contributed by atoms with Crippen LogP contribution in [0.1, 0.15) is 12.5 Å². The van der Waals surface area contributed by atoms with Crippen molar-refractivity contribution in [3.63, 3.8) is 0 Å². The molecule has 0 radical (unpaired) electrons. The molecule has 236 valence electrons.